The number of likely N-dealkylation sites (N-methyl/N-ethyl adjacent to an activating group) is 1. The first kappa shape index (κ1) is 16.4. The lowest BCUT2D eigenvalue weighted by Gasteiger charge is -2.27. The van der Waals surface area contributed by atoms with E-state index in [0.29, 0.717) is 13.2 Å². The number of urea groups is 1. The van der Waals surface area contributed by atoms with E-state index in [1.807, 2.05) is 55.4 Å². The van der Waals surface area contributed by atoms with Crippen LogP contribution in [0.15, 0.2) is 47.1 Å². The summed E-state index contributed by atoms with van der Waals surface area (Å²) < 4.78 is 11.1. The number of nitrogens with one attached hydrogen (secondary N) is 2. The minimum Gasteiger partial charge on any atom is -0.493 e. The summed E-state index contributed by atoms with van der Waals surface area (Å²) in [5, 5.41) is 5.97. The fourth-order valence-corrected chi connectivity index (χ4v) is 2.91. The molecular formula is C18H23N3O3. The van der Waals surface area contributed by atoms with E-state index < -0.39 is 0 Å². The standard InChI is InChI=1S/C18H23N3O3/c1-21(2)15(17-8-5-10-23-17)12-19-18(22)20-14-9-11-24-16-7-4-3-6-13(14)16/h3-8,10,14-15H,9,11-12H2,1-2H3,(H2,19,20,22)/t14-,15+/m0/s1. The van der Waals surface area contributed by atoms with E-state index in [9.17, 15) is 4.79 Å². The van der Waals surface area contributed by atoms with Crippen LogP contribution in [0, 0.1) is 0 Å². The number of hydrogen-bond donors (Lipinski definition) is 2. The number of ether oxygens (including phenoxy) is 1. The number of furan rings is 1. The summed E-state index contributed by atoms with van der Waals surface area (Å²) in [6, 6.07) is 11.4. The fourth-order valence-electron chi connectivity index (χ4n) is 2.91. The highest BCUT2D eigenvalue weighted by molar-refractivity contribution is 5.74. The molecule has 0 spiro atoms. The number of benzene rings is 1. The normalized spacial score (nSPS) is 17.7. The summed E-state index contributed by atoms with van der Waals surface area (Å²) in [6.45, 7) is 1.08. The van der Waals surface area contributed by atoms with Crippen LogP contribution in [0.5, 0.6) is 5.75 Å². The average Bonchev–Trinajstić information content (AvgIpc) is 3.09. The van der Waals surface area contributed by atoms with E-state index in [1.165, 1.54) is 0 Å². The van der Waals surface area contributed by atoms with Gasteiger partial charge in [-0.15, -0.1) is 0 Å². The Morgan fingerprint density at radius 1 is 1.29 bits per heavy atom. The zero-order chi connectivity index (χ0) is 16.9. The van der Waals surface area contributed by atoms with E-state index in [2.05, 4.69) is 10.6 Å². The molecule has 0 bridgehead atoms. The van der Waals surface area contributed by atoms with Crippen molar-refractivity contribution in [3.05, 3.63) is 54.0 Å². The lowest BCUT2D eigenvalue weighted by Crippen LogP contribution is -2.42. The maximum atomic E-state index is 12.3. The molecule has 0 aliphatic carbocycles. The minimum absolute atomic E-state index is 0.00674. The maximum absolute atomic E-state index is 12.3. The van der Waals surface area contributed by atoms with Crippen molar-refractivity contribution in [1.82, 2.24) is 15.5 Å². The molecular weight excluding hydrogens is 306 g/mol. The second-order valence-electron chi connectivity index (χ2n) is 6.08. The van der Waals surface area contributed by atoms with Crippen molar-refractivity contribution in [3.63, 3.8) is 0 Å². The summed E-state index contributed by atoms with van der Waals surface area (Å²) >= 11 is 0. The van der Waals surface area contributed by atoms with E-state index in [0.717, 1.165) is 23.5 Å². The number of carbonyl (C=O) groups is 1. The van der Waals surface area contributed by atoms with Gasteiger partial charge >= 0.3 is 6.03 Å². The third-order valence-corrected chi connectivity index (χ3v) is 4.21. The van der Waals surface area contributed by atoms with Crippen LogP contribution in [-0.4, -0.2) is 38.2 Å². The van der Waals surface area contributed by atoms with Crippen molar-refractivity contribution in [3.8, 4) is 5.75 Å². The second-order valence-corrected chi connectivity index (χ2v) is 6.08. The summed E-state index contributed by atoms with van der Waals surface area (Å²) in [4.78, 5) is 14.3. The number of para-hydroxylation sites is 1. The van der Waals surface area contributed by atoms with Gasteiger partial charge in [-0.05, 0) is 32.3 Å². The van der Waals surface area contributed by atoms with Crippen LogP contribution >= 0.6 is 0 Å². The Labute approximate surface area is 141 Å². The number of hydrogen-bond acceptors (Lipinski definition) is 4. The predicted octanol–water partition coefficient (Wildman–Crippen LogP) is 2.71. The highest BCUT2D eigenvalue weighted by Crippen LogP contribution is 2.31. The first-order valence-corrected chi connectivity index (χ1v) is 8.11. The van der Waals surface area contributed by atoms with Crippen molar-refractivity contribution in [2.75, 3.05) is 27.2 Å². The molecule has 1 aromatic heterocycles. The molecule has 2 amide bonds. The highest BCUT2D eigenvalue weighted by Gasteiger charge is 2.23. The molecule has 1 aliphatic heterocycles. The molecule has 0 unspecified atom stereocenters. The van der Waals surface area contributed by atoms with E-state index >= 15 is 0 Å². The number of nitrogens with zero attached hydrogens (tertiary/aromatic N) is 1. The molecule has 0 saturated carbocycles. The smallest absolute Gasteiger partial charge is 0.315 e. The zero-order valence-electron chi connectivity index (χ0n) is 14.0. The van der Waals surface area contributed by atoms with E-state index in [-0.39, 0.29) is 18.1 Å². The molecule has 0 saturated heterocycles. The van der Waals surface area contributed by atoms with Crippen molar-refractivity contribution < 1.29 is 13.9 Å². The van der Waals surface area contributed by atoms with Crippen LogP contribution in [0.2, 0.25) is 0 Å². The molecule has 0 fully saturated rings. The molecule has 2 N–H and O–H groups in total. The summed E-state index contributed by atoms with van der Waals surface area (Å²) in [5.41, 5.74) is 1.02. The van der Waals surface area contributed by atoms with Gasteiger partial charge in [0.05, 0.1) is 25.0 Å². The number of amides is 2. The molecule has 2 aromatic rings. The van der Waals surface area contributed by atoms with Crippen LogP contribution in [0.25, 0.3) is 0 Å². The van der Waals surface area contributed by atoms with Gasteiger partial charge in [0, 0.05) is 18.5 Å². The average molecular weight is 329 g/mol. The van der Waals surface area contributed by atoms with Crippen LogP contribution in [-0.2, 0) is 0 Å². The quantitative estimate of drug-likeness (QED) is 0.885. The van der Waals surface area contributed by atoms with Crippen LogP contribution in [0.4, 0.5) is 4.79 Å². The lowest BCUT2D eigenvalue weighted by molar-refractivity contribution is 0.214. The van der Waals surface area contributed by atoms with Crippen molar-refractivity contribution in [2.24, 2.45) is 0 Å². The Bertz CT molecular complexity index is 670. The Hall–Kier alpha value is -2.47. The van der Waals surface area contributed by atoms with Gasteiger partial charge in [-0.25, -0.2) is 4.79 Å². The Balaban J connectivity index is 1.58. The Morgan fingerprint density at radius 2 is 2.12 bits per heavy atom. The molecule has 2 heterocycles. The molecule has 24 heavy (non-hydrogen) atoms. The molecule has 128 valence electrons. The molecule has 0 radical (unpaired) electrons. The molecule has 3 rings (SSSR count). The van der Waals surface area contributed by atoms with Gasteiger partial charge in [-0.2, -0.15) is 0 Å². The number of carbonyl (C=O) groups excluding carboxylic acids is 1. The summed E-state index contributed by atoms with van der Waals surface area (Å²) in [5.74, 6) is 1.67. The monoisotopic (exact) mass is 329 g/mol. The summed E-state index contributed by atoms with van der Waals surface area (Å²) in [6.07, 6.45) is 2.41. The highest BCUT2D eigenvalue weighted by atomic mass is 16.5. The number of rotatable bonds is 5. The van der Waals surface area contributed by atoms with Crippen molar-refractivity contribution >= 4 is 6.03 Å². The van der Waals surface area contributed by atoms with Gasteiger partial charge in [-0.1, -0.05) is 18.2 Å². The summed E-state index contributed by atoms with van der Waals surface area (Å²) in [7, 11) is 3.92. The first-order chi connectivity index (χ1) is 11.6. The van der Waals surface area contributed by atoms with Crippen LogP contribution in [0.1, 0.15) is 29.8 Å². The number of fused-ring (bicyclic) bond motifs is 1. The van der Waals surface area contributed by atoms with Crippen LogP contribution in [0.3, 0.4) is 0 Å². The molecule has 1 aliphatic rings. The largest absolute Gasteiger partial charge is 0.493 e. The topological polar surface area (TPSA) is 66.7 Å². The zero-order valence-corrected chi connectivity index (χ0v) is 14.0. The maximum Gasteiger partial charge on any atom is 0.315 e. The third kappa shape index (κ3) is 3.71. The molecule has 2 atom stereocenters. The van der Waals surface area contributed by atoms with Gasteiger partial charge in [0.15, 0.2) is 0 Å². The van der Waals surface area contributed by atoms with Crippen molar-refractivity contribution in [2.45, 2.75) is 18.5 Å². The molecule has 1 aromatic carbocycles. The molecule has 6 nitrogen and oxygen atoms in total. The van der Waals surface area contributed by atoms with Gasteiger partial charge in [0.2, 0.25) is 0 Å². The van der Waals surface area contributed by atoms with Crippen molar-refractivity contribution in [1.29, 1.82) is 0 Å². The van der Waals surface area contributed by atoms with Gasteiger partial charge in [0.1, 0.15) is 11.5 Å². The SMILES string of the molecule is CN(C)[C@H](CNC(=O)N[C@H]1CCOc2ccccc21)c1ccco1. The third-order valence-electron chi connectivity index (χ3n) is 4.21. The Kier molecular flexibility index (Phi) is 5.05. The second kappa shape index (κ2) is 7.40. The fraction of sp³-hybridized carbons (Fsp3) is 0.389. The van der Waals surface area contributed by atoms with Crippen LogP contribution < -0.4 is 15.4 Å². The predicted molar refractivity (Wildman–Crippen MR) is 91.0 cm³/mol. The first-order valence-electron chi connectivity index (χ1n) is 8.11. The molecule has 6 heteroatoms. The lowest BCUT2D eigenvalue weighted by atomic mass is 10.0. The Morgan fingerprint density at radius 3 is 2.88 bits per heavy atom. The van der Waals surface area contributed by atoms with E-state index in [4.69, 9.17) is 9.15 Å². The van der Waals surface area contributed by atoms with Gasteiger partial charge < -0.3 is 19.8 Å². The van der Waals surface area contributed by atoms with E-state index in [1.54, 1.807) is 6.26 Å². The van der Waals surface area contributed by atoms with Gasteiger partial charge in [0.25, 0.3) is 0 Å². The minimum atomic E-state index is -0.185. The van der Waals surface area contributed by atoms with Gasteiger partial charge in [-0.3, -0.25) is 4.90 Å².